The predicted octanol–water partition coefficient (Wildman–Crippen LogP) is 3.23. The lowest BCUT2D eigenvalue weighted by Gasteiger charge is -2.32. The summed E-state index contributed by atoms with van der Waals surface area (Å²) in [7, 11) is 3.32. The maximum atomic E-state index is 13.9. The van der Waals surface area contributed by atoms with Crippen molar-refractivity contribution in [2.75, 3.05) is 40.4 Å². The van der Waals surface area contributed by atoms with Crippen molar-refractivity contribution in [1.82, 2.24) is 10.2 Å². The van der Waals surface area contributed by atoms with Gasteiger partial charge in [0.1, 0.15) is 17.3 Å². The van der Waals surface area contributed by atoms with Crippen molar-refractivity contribution >= 4 is 0 Å². The van der Waals surface area contributed by atoms with E-state index in [0.29, 0.717) is 0 Å². The van der Waals surface area contributed by atoms with E-state index in [2.05, 4.69) is 10.2 Å². The van der Waals surface area contributed by atoms with Gasteiger partial charge >= 0.3 is 0 Å². The molecular weight excluding hydrogens is 319 g/mol. The van der Waals surface area contributed by atoms with Gasteiger partial charge in [0.2, 0.25) is 0 Å². The molecule has 1 aliphatic rings. The average Bonchev–Trinajstić information content (AvgIpc) is 2.91. The van der Waals surface area contributed by atoms with Gasteiger partial charge in [0.05, 0.1) is 20.3 Å². The Hall–Kier alpha value is -2.11. The van der Waals surface area contributed by atoms with Gasteiger partial charge in [-0.2, -0.15) is 0 Å². The second-order valence-electron chi connectivity index (χ2n) is 6.20. The van der Waals surface area contributed by atoms with Crippen LogP contribution in [0.1, 0.15) is 23.6 Å². The lowest BCUT2D eigenvalue weighted by Crippen LogP contribution is -2.33. The zero-order chi connectivity index (χ0) is 17.6. The lowest BCUT2D eigenvalue weighted by molar-refractivity contribution is 0.235. The van der Waals surface area contributed by atoms with Crippen molar-refractivity contribution in [3.8, 4) is 11.5 Å². The quantitative estimate of drug-likeness (QED) is 0.903. The van der Waals surface area contributed by atoms with E-state index in [4.69, 9.17) is 9.47 Å². The highest BCUT2D eigenvalue weighted by atomic mass is 19.1. The SMILES string of the molecule is COc1ccc(OC)c(C(c2cccc(F)c2)N2CCCNCC2)c1. The number of methoxy groups -OCH3 is 2. The molecule has 0 amide bonds. The minimum Gasteiger partial charge on any atom is -0.497 e. The summed E-state index contributed by atoms with van der Waals surface area (Å²) in [5.41, 5.74) is 1.92. The van der Waals surface area contributed by atoms with Crippen LogP contribution in [0, 0.1) is 5.82 Å². The van der Waals surface area contributed by atoms with Gasteiger partial charge in [0.15, 0.2) is 0 Å². The van der Waals surface area contributed by atoms with E-state index in [1.807, 2.05) is 24.3 Å². The molecule has 1 atom stereocenters. The first-order valence-electron chi connectivity index (χ1n) is 8.65. The van der Waals surface area contributed by atoms with Crippen molar-refractivity contribution in [3.05, 3.63) is 59.4 Å². The molecule has 5 heteroatoms. The summed E-state index contributed by atoms with van der Waals surface area (Å²) in [6.45, 7) is 3.75. The molecule has 2 aromatic carbocycles. The van der Waals surface area contributed by atoms with E-state index in [1.54, 1.807) is 26.4 Å². The molecule has 0 aromatic heterocycles. The molecule has 0 radical (unpaired) electrons. The molecule has 0 spiro atoms. The Morgan fingerprint density at radius 3 is 2.68 bits per heavy atom. The number of ether oxygens (including phenoxy) is 2. The van der Waals surface area contributed by atoms with E-state index in [-0.39, 0.29) is 11.9 Å². The van der Waals surface area contributed by atoms with Gasteiger partial charge < -0.3 is 14.8 Å². The highest BCUT2D eigenvalue weighted by Gasteiger charge is 2.26. The van der Waals surface area contributed by atoms with Crippen LogP contribution < -0.4 is 14.8 Å². The maximum absolute atomic E-state index is 13.9. The van der Waals surface area contributed by atoms with E-state index < -0.39 is 0 Å². The molecule has 1 N–H and O–H groups in total. The minimum absolute atomic E-state index is 0.0827. The van der Waals surface area contributed by atoms with Gasteiger partial charge in [0, 0.05) is 25.2 Å². The van der Waals surface area contributed by atoms with Crippen LogP contribution in [0.15, 0.2) is 42.5 Å². The topological polar surface area (TPSA) is 33.7 Å². The van der Waals surface area contributed by atoms with E-state index >= 15 is 0 Å². The first-order chi connectivity index (χ1) is 12.2. The van der Waals surface area contributed by atoms with E-state index in [1.165, 1.54) is 6.07 Å². The molecular formula is C20H25FN2O2. The third-order valence-electron chi connectivity index (χ3n) is 4.64. The summed E-state index contributed by atoms with van der Waals surface area (Å²) in [5.74, 6) is 1.33. The second-order valence-corrected chi connectivity index (χ2v) is 6.20. The number of hydrogen-bond acceptors (Lipinski definition) is 4. The Morgan fingerprint density at radius 1 is 1.04 bits per heavy atom. The molecule has 2 aromatic rings. The van der Waals surface area contributed by atoms with Crippen molar-refractivity contribution in [3.63, 3.8) is 0 Å². The normalized spacial score (nSPS) is 16.9. The summed E-state index contributed by atoms with van der Waals surface area (Å²) < 4.78 is 25.0. The summed E-state index contributed by atoms with van der Waals surface area (Å²) in [6.07, 6.45) is 1.05. The molecule has 134 valence electrons. The molecule has 4 nitrogen and oxygen atoms in total. The van der Waals surface area contributed by atoms with Gasteiger partial charge in [-0.1, -0.05) is 12.1 Å². The monoisotopic (exact) mass is 344 g/mol. The van der Waals surface area contributed by atoms with E-state index in [9.17, 15) is 4.39 Å². The molecule has 25 heavy (non-hydrogen) atoms. The Balaban J connectivity index is 2.10. The Labute approximate surface area is 148 Å². The summed E-state index contributed by atoms with van der Waals surface area (Å²) in [6, 6.07) is 12.5. The number of halogens is 1. The molecule has 3 rings (SSSR count). The van der Waals surface area contributed by atoms with Crippen LogP contribution in [0.4, 0.5) is 4.39 Å². The van der Waals surface area contributed by atoms with Crippen molar-refractivity contribution in [2.45, 2.75) is 12.5 Å². The Morgan fingerprint density at radius 2 is 1.92 bits per heavy atom. The van der Waals surface area contributed by atoms with Crippen LogP contribution in [-0.2, 0) is 0 Å². The number of benzene rings is 2. The molecule has 0 aliphatic carbocycles. The first kappa shape index (κ1) is 17.7. The van der Waals surface area contributed by atoms with Crippen molar-refractivity contribution in [1.29, 1.82) is 0 Å². The molecule has 1 unspecified atom stereocenters. The predicted molar refractivity (Wildman–Crippen MR) is 96.8 cm³/mol. The van der Waals surface area contributed by atoms with Crippen LogP contribution in [0.25, 0.3) is 0 Å². The highest BCUT2D eigenvalue weighted by molar-refractivity contribution is 5.46. The van der Waals surface area contributed by atoms with Gasteiger partial charge in [-0.25, -0.2) is 4.39 Å². The third-order valence-corrected chi connectivity index (χ3v) is 4.64. The maximum Gasteiger partial charge on any atom is 0.124 e. The first-order valence-corrected chi connectivity index (χ1v) is 8.65. The molecule has 1 heterocycles. The fraction of sp³-hybridized carbons (Fsp3) is 0.400. The Kier molecular flexibility index (Phi) is 5.89. The standard InChI is InChI=1S/C20H25FN2O2/c1-24-17-7-8-19(25-2)18(14-17)20(15-5-3-6-16(21)13-15)23-11-4-9-22-10-12-23/h3,5-8,13-14,20,22H,4,9-12H2,1-2H3. The van der Waals surface area contributed by atoms with Crippen LogP contribution in [0.3, 0.4) is 0 Å². The van der Waals surface area contributed by atoms with Crippen LogP contribution in [0.2, 0.25) is 0 Å². The summed E-state index contributed by atoms with van der Waals surface area (Å²) in [5, 5.41) is 3.43. The third kappa shape index (κ3) is 4.11. The highest BCUT2D eigenvalue weighted by Crippen LogP contribution is 2.37. The zero-order valence-electron chi connectivity index (χ0n) is 14.8. The molecule has 1 fully saturated rings. The van der Waals surface area contributed by atoms with Crippen molar-refractivity contribution in [2.24, 2.45) is 0 Å². The van der Waals surface area contributed by atoms with Crippen LogP contribution in [-0.4, -0.2) is 45.3 Å². The molecule has 0 saturated carbocycles. The molecule has 0 bridgehead atoms. The minimum atomic E-state index is -0.225. The Bertz CT molecular complexity index is 700. The number of nitrogens with zero attached hydrogens (tertiary/aromatic N) is 1. The second kappa shape index (κ2) is 8.32. The summed E-state index contributed by atoms with van der Waals surface area (Å²) in [4.78, 5) is 2.38. The lowest BCUT2D eigenvalue weighted by atomic mass is 9.95. The van der Waals surface area contributed by atoms with Gasteiger partial charge in [-0.05, 0) is 48.9 Å². The average molecular weight is 344 g/mol. The molecule has 1 aliphatic heterocycles. The zero-order valence-corrected chi connectivity index (χ0v) is 14.8. The number of nitrogens with one attached hydrogen (secondary N) is 1. The van der Waals surface area contributed by atoms with Crippen LogP contribution >= 0.6 is 0 Å². The fourth-order valence-electron chi connectivity index (χ4n) is 3.44. The largest absolute Gasteiger partial charge is 0.497 e. The fourth-order valence-corrected chi connectivity index (χ4v) is 3.44. The molecule has 1 saturated heterocycles. The number of hydrogen-bond donors (Lipinski definition) is 1. The van der Waals surface area contributed by atoms with E-state index in [0.717, 1.165) is 55.2 Å². The van der Waals surface area contributed by atoms with Crippen LogP contribution in [0.5, 0.6) is 11.5 Å². The number of rotatable bonds is 5. The summed E-state index contributed by atoms with van der Waals surface area (Å²) >= 11 is 0. The van der Waals surface area contributed by atoms with Gasteiger partial charge in [-0.3, -0.25) is 4.90 Å². The van der Waals surface area contributed by atoms with Gasteiger partial charge in [0.25, 0.3) is 0 Å². The smallest absolute Gasteiger partial charge is 0.124 e. The van der Waals surface area contributed by atoms with Crippen molar-refractivity contribution < 1.29 is 13.9 Å². The van der Waals surface area contributed by atoms with Gasteiger partial charge in [-0.15, -0.1) is 0 Å².